The minimum Gasteiger partial charge on any atom is -0.352 e. The molecule has 1 N–H and O–H groups in total. The molecule has 0 amide bonds. The van der Waals surface area contributed by atoms with Crippen LogP contribution in [0, 0.1) is 28.5 Å². The lowest BCUT2D eigenvalue weighted by molar-refractivity contribution is -0.107. The third-order valence-corrected chi connectivity index (χ3v) is 2.19. The van der Waals surface area contributed by atoms with Gasteiger partial charge in [-0.2, -0.15) is 15.6 Å². The maximum atomic E-state index is 13.8. The topological polar surface area (TPSA) is 90.4 Å². The van der Waals surface area contributed by atoms with Crippen LogP contribution in [0.15, 0.2) is 23.3 Å². The maximum Gasteiger partial charge on any atom is 0.237 e. The van der Waals surface area contributed by atoms with Crippen molar-refractivity contribution in [3.63, 3.8) is 0 Å². The van der Waals surface area contributed by atoms with E-state index in [-0.39, 0.29) is 11.3 Å². The Hall–Kier alpha value is -2.48. The minimum atomic E-state index is -0.800. The van der Waals surface area contributed by atoms with Crippen molar-refractivity contribution in [3.05, 3.63) is 29.6 Å². The van der Waals surface area contributed by atoms with Gasteiger partial charge in [0.15, 0.2) is 6.29 Å². The van der Waals surface area contributed by atoms with Crippen LogP contribution in [-0.2, 0) is 9.47 Å². The molecule has 0 aliphatic heterocycles. The lowest BCUT2D eigenvalue weighted by Crippen LogP contribution is -2.06. The van der Waals surface area contributed by atoms with Crippen molar-refractivity contribution >= 4 is 11.4 Å². The second-order valence-corrected chi connectivity index (χ2v) is 3.34. The molecule has 0 aliphatic rings. The van der Waals surface area contributed by atoms with Gasteiger partial charge in [-0.1, -0.05) is 0 Å². The Labute approximate surface area is 109 Å². The first-order chi connectivity index (χ1) is 9.15. The highest BCUT2D eigenvalue weighted by Crippen LogP contribution is 2.23. The molecule has 1 rings (SSSR count). The van der Waals surface area contributed by atoms with E-state index in [1.807, 2.05) is 0 Å². The van der Waals surface area contributed by atoms with Gasteiger partial charge < -0.3 is 9.47 Å². The summed E-state index contributed by atoms with van der Waals surface area (Å²) in [5.41, 5.74) is 2.60. The SMILES string of the molecule is COC(OC)c1ccc(NN=C(C#N)C#N)cc1F. The highest BCUT2D eigenvalue weighted by molar-refractivity contribution is 6.10. The van der Waals surface area contributed by atoms with Gasteiger partial charge in [-0.15, -0.1) is 0 Å². The van der Waals surface area contributed by atoms with Crippen molar-refractivity contribution in [2.24, 2.45) is 5.10 Å². The first-order valence-corrected chi connectivity index (χ1v) is 5.15. The van der Waals surface area contributed by atoms with E-state index < -0.39 is 12.1 Å². The van der Waals surface area contributed by atoms with Gasteiger partial charge in [0.2, 0.25) is 5.71 Å². The normalized spacial score (nSPS) is 9.58. The van der Waals surface area contributed by atoms with Gasteiger partial charge in [-0.25, -0.2) is 4.39 Å². The van der Waals surface area contributed by atoms with E-state index in [0.717, 1.165) is 6.07 Å². The van der Waals surface area contributed by atoms with Gasteiger partial charge in [0, 0.05) is 19.8 Å². The van der Waals surface area contributed by atoms with E-state index in [9.17, 15) is 4.39 Å². The summed E-state index contributed by atoms with van der Waals surface area (Å²) in [6.45, 7) is 0. The number of hydrogen-bond donors (Lipinski definition) is 1. The zero-order chi connectivity index (χ0) is 14.3. The van der Waals surface area contributed by atoms with Crippen LogP contribution in [0.5, 0.6) is 0 Å². The van der Waals surface area contributed by atoms with Crippen LogP contribution in [0.1, 0.15) is 11.9 Å². The minimum absolute atomic E-state index is 0.236. The van der Waals surface area contributed by atoms with Gasteiger partial charge in [0.05, 0.1) is 5.69 Å². The van der Waals surface area contributed by atoms with Crippen LogP contribution in [0.2, 0.25) is 0 Å². The Morgan fingerprint density at radius 3 is 2.42 bits per heavy atom. The molecule has 98 valence electrons. The van der Waals surface area contributed by atoms with Crippen LogP contribution in [0.25, 0.3) is 0 Å². The number of hydrogen-bond acceptors (Lipinski definition) is 6. The lowest BCUT2D eigenvalue weighted by atomic mass is 10.2. The number of benzene rings is 1. The highest BCUT2D eigenvalue weighted by Gasteiger charge is 2.14. The standard InChI is InChI=1S/C12H11FN4O2/c1-18-12(19-2)10-4-3-8(5-11(10)13)16-17-9(6-14)7-15/h3-5,12,16H,1-2H3. The van der Waals surface area contributed by atoms with Gasteiger partial charge in [-0.3, -0.25) is 5.43 Å². The molecule has 0 aromatic heterocycles. The average molecular weight is 262 g/mol. The summed E-state index contributed by atoms with van der Waals surface area (Å²) in [6, 6.07) is 7.31. The third-order valence-electron chi connectivity index (χ3n) is 2.19. The predicted octanol–water partition coefficient (Wildman–Crippen LogP) is 1.93. The first kappa shape index (κ1) is 14.6. The molecule has 1 aromatic rings. The highest BCUT2D eigenvalue weighted by atomic mass is 19.1. The van der Waals surface area contributed by atoms with Crippen molar-refractivity contribution in [2.45, 2.75) is 6.29 Å². The van der Waals surface area contributed by atoms with Crippen LogP contribution in [-0.4, -0.2) is 19.9 Å². The second kappa shape index (κ2) is 7.07. The Kier molecular flexibility index (Phi) is 5.42. The monoisotopic (exact) mass is 262 g/mol. The quantitative estimate of drug-likeness (QED) is 0.497. The number of methoxy groups -OCH3 is 2. The molecule has 7 heteroatoms. The number of rotatable bonds is 5. The molecule has 0 atom stereocenters. The van der Waals surface area contributed by atoms with E-state index in [2.05, 4.69) is 10.5 Å². The smallest absolute Gasteiger partial charge is 0.237 e. The molecule has 0 aliphatic carbocycles. The third kappa shape index (κ3) is 3.75. The van der Waals surface area contributed by atoms with Crippen LogP contribution >= 0.6 is 0 Å². The van der Waals surface area contributed by atoms with E-state index in [4.69, 9.17) is 20.0 Å². The van der Waals surface area contributed by atoms with Gasteiger partial charge in [0.25, 0.3) is 0 Å². The Morgan fingerprint density at radius 1 is 1.32 bits per heavy atom. The second-order valence-electron chi connectivity index (χ2n) is 3.34. The summed E-state index contributed by atoms with van der Waals surface area (Å²) in [7, 11) is 2.80. The number of nitriles is 2. The fourth-order valence-electron chi connectivity index (χ4n) is 1.33. The maximum absolute atomic E-state index is 13.8. The Bertz CT molecular complexity index is 540. The predicted molar refractivity (Wildman–Crippen MR) is 65.4 cm³/mol. The lowest BCUT2D eigenvalue weighted by Gasteiger charge is -2.14. The summed E-state index contributed by atoms with van der Waals surface area (Å²) in [5.74, 6) is -0.552. The van der Waals surface area contributed by atoms with Crippen LogP contribution in [0.3, 0.4) is 0 Å². The number of nitrogens with zero attached hydrogens (tertiary/aromatic N) is 3. The molecule has 0 saturated carbocycles. The summed E-state index contributed by atoms with van der Waals surface area (Å²) in [5, 5.41) is 20.5. The fraction of sp³-hybridized carbons (Fsp3) is 0.250. The average Bonchev–Trinajstić information content (AvgIpc) is 2.43. The first-order valence-electron chi connectivity index (χ1n) is 5.15. The fourth-order valence-corrected chi connectivity index (χ4v) is 1.33. The zero-order valence-electron chi connectivity index (χ0n) is 10.3. The zero-order valence-corrected chi connectivity index (χ0v) is 10.3. The van der Waals surface area contributed by atoms with Crippen molar-refractivity contribution in [1.82, 2.24) is 0 Å². The van der Waals surface area contributed by atoms with Crippen LogP contribution in [0.4, 0.5) is 10.1 Å². The number of halogens is 1. The molecule has 0 fully saturated rings. The summed E-state index contributed by atoms with van der Waals surface area (Å²) >= 11 is 0. The van der Waals surface area contributed by atoms with E-state index in [0.29, 0.717) is 5.69 Å². The molecule has 0 spiro atoms. The number of nitrogens with one attached hydrogen (secondary N) is 1. The molecule has 0 saturated heterocycles. The summed E-state index contributed by atoms with van der Waals surface area (Å²) in [6.07, 6.45) is -0.800. The van der Waals surface area contributed by atoms with E-state index >= 15 is 0 Å². The number of hydrazone groups is 1. The molecule has 0 unspecified atom stereocenters. The van der Waals surface area contributed by atoms with Crippen LogP contribution < -0.4 is 5.43 Å². The molecule has 6 nitrogen and oxygen atoms in total. The number of ether oxygens (including phenoxy) is 2. The Balaban J connectivity index is 2.92. The van der Waals surface area contributed by atoms with Crippen molar-refractivity contribution in [1.29, 1.82) is 10.5 Å². The molecule has 0 radical (unpaired) electrons. The number of anilines is 1. The van der Waals surface area contributed by atoms with E-state index in [1.165, 1.54) is 26.4 Å². The molecule has 19 heavy (non-hydrogen) atoms. The van der Waals surface area contributed by atoms with Gasteiger partial charge in [-0.05, 0) is 18.2 Å². The van der Waals surface area contributed by atoms with Gasteiger partial charge in [0.1, 0.15) is 18.0 Å². The molecule has 1 aromatic carbocycles. The van der Waals surface area contributed by atoms with Crippen molar-refractivity contribution < 1.29 is 13.9 Å². The Morgan fingerprint density at radius 2 is 1.95 bits per heavy atom. The largest absolute Gasteiger partial charge is 0.352 e. The summed E-state index contributed by atoms with van der Waals surface area (Å²) < 4.78 is 23.7. The van der Waals surface area contributed by atoms with Gasteiger partial charge >= 0.3 is 0 Å². The summed E-state index contributed by atoms with van der Waals surface area (Å²) in [4.78, 5) is 0. The molecule has 0 heterocycles. The molecular weight excluding hydrogens is 251 g/mol. The molecule has 0 bridgehead atoms. The van der Waals surface area contributed by atoms with Crippen molar-refractivity contribution in [3.8, 4) is 12.1 Å². The van der Waals surface area contributed by atoms with E-state index in [1.54, 1.807) is 12.1 Å². The molecular formula is C12H11FN4O2. The van der Waals surface area contributed by atoms with Crippen molar-refractivity contribution in [2.75, 3.05) is 19.6 Å².